The average Bonchev–Trinajstić information content (AvgIpc) is 2.97. The minimum Gasteiger partial charge on any atom is -0.480 e. The Bertz CT molecular complexity index is 480. The third kappa shape index (κ3) is 3.09. The highest BCUT2D eigenvalue weighted by molar-refractivity contribution is 7.99. The highest BCUT2D eigenvalue weighted by Gasteiger charge is 2.42. The van der Waals surface area contributed by atoms with E-state index in [0.717, 1.165) is 18.0 Å². The van der Waals surface area contributed by atoms with Crippen molar-refractivity contribution in [2.45, 2.75) is 36.4 Å². The molecule has 1 heterocycles. The molecule has 0 unspecified atom stereocenters. The molecule has 0 atom stereocenters. The van der Waals surface area contributed by atoms with Crippen LogP contribution in [0.15, 0.2) is 17.6 Å². The molecule has 1 fully saturated rings. The van der Waals surface area contributed by atoms with Gasteiger partial charge in [0, 0.05) is 19.4 Å². The minimum atomic E-state index is -1.06. The fraction of sp³-hybridized carbons (Fsp3) is 0.583. The van der Waals surface area contributed by atoms with Gasteiger partial charge in [0.05, 0.1) is 5.75 Å². The number of thioether (sulfide) groups is 1. The summed E-state index contributed by atoms with van der Waals surface area (Å²) < 4.78 is 1.82. The zero-order chi connectivity index (χ0) is 13.9. The van der Waals surface area contributed by atoms with Gasteiger partial charge in [-0.25, -0.2) is 9.78 Å². The third-order valence-corrected chi connectivity index (χ3v) is 4.41. The molecule has 0 aromatic carbocycles. The number of carboxylic acid groups (broad SMARTS) is 1. The van der Waals surface area contributed by atoms with Gasteiger partial charge >= 0.3 is 5.97 Å². The van der Waals surface area contributed by atoms with Crippen molar-refractivity contribution in [3.05, 3.63) is 12.4 Å². The number of aryl methyl sites for hydroxylation is 1. The number of amides is 1. The Morgan fingerprint density at radius 3 is 2.74 bits per heavy atom. The fourth-order valence-electron chi connectivity index (χ4n) is 2.29. The van der Waals surface area contributed by atoms with Gasteiger partial charge in [-0.05, 0) is 12.8 Å². The number of carbonyl (C=O) groups excluding carboxylic acids is 1. The molecule has 104 valence electrons. The van der Waals surface area contributed by atoms with Gasteiger partial charge in [0.15, 0.2) is 5.16 Å². The number of carbonyl (C=O) groups is 2. The maximum atomic E-state index is 11.9. The van der Waals surface area contributed by atoms with E-state index < -0.39 is 11.5 Å². The van der Waals surface area contributed by atoms with Crippen LogP contribution in [0, 0.1) is 0 Å². The molecule has 19 heavy (non-hydrogen) atoms. The van der Waals surface area contributed by atoms with Crippen LogP contribution in [0.25, 0.3) is 0 Å². The lowest BCUT2D eigenvalue weighted by atomic mass is 9.98. The number of hydrogen-bond donors (Lipinski definition) is 2. The summed E-state index contributed by atoms with van der Waals surface area (Å²) in [7, 11) is 1.85. The number of nitrogens with zero attached hydrogens (tertiary/aromatic N) is 2. The number of nitrogens with one attached hydrogen (secondary N) is 1. The van der Waals surface area contributed by atoms with E-state index in [1.165, 1.54) is 11.8 Å². The SMILES string of the molecule is Cn1ccnc1SCC(=O)NC1(C(=O)O)CCCC1. The number of rotatable bonds is 5. The molecule has 2 N–H and O–H groups in total. The topological polar surface area (TPSA) is 84.2 Å². The summed E-state index contributed by atoms with van der Waals surface area (Å²) in [4.78, 5) is 27.3. The number of aromatic nitrogens is 2. The van der Waals surface area contributed by atoms with Gasteiger partial charge in [0.1, 0.15) is 5.54 Å². The second-order valence-corrected chi connectivity index (χ2v) is 5.69. The van der Waals surface area contributed by atoms with E-state index in [9.17, 15) is 14.7 Å². The molecule has 1 aromatic heterocycles. The van der Waals surface area contributed by atoms with Crippen LogP contribution in [0.3, 0.4) is 0 Å². The molecule has 6 nitrogen and oxygen atoms in total. The third-order valence-electron chi connectivity index (χ3n) is 3.35. The zero-order valence-electron chi connectivity index (χ0n) is 10.8. The van der Waals surface area contributed by atoms with Crippen molar-refractivity contribution in [1.29, 1.82) is 0 Å². The number of imidazole rings is 1. The molecule has 0 bridgehead atoms. The molecule has 0 radical (unpaired) electrons. The van der Waals surface area contributed by atoms with E-state index in [2.05, 4.69) is 10.3 Å². The summed E-state index contributed by atoms with van der Waals surface area (Å²) in [6, 6.07) is 0. The Kier molecular flexibility index (Phi) is 4.14. The molecule has 0 spiro atoms. The summed E-state index contributed by atoms with van der Waals surface area (Å²) in [5, 5.41) is 12.7. The maximum absolute atomic E-state index is 11.9. The first-order chi connectivity index (χ1) is 9.03. The van der Waals surface area contributed by atoms with Gasteiger partial charge in [-0.3, -0.25) is 4.79 Å². The highest BCUT2D eigenvalue weighted by Crippen LogP contribution is 2.30. The molecular formula is C12H17N3O3S. The van der Waals surface area contributed by atoms with Crippen LogP contribution < -0.4 is 5.32 Å². The van der Waals surface area contributed by atoms with Gasteiger partial charge in [-0.15, -0.1) is 0 Å². The maximum Gasteiger partial charge on any atom is 0.329 e. The zero-order valence-corrected chi connectivity index (χ0v) is 11.6. The lowest BCUT2D eigenvalue weighted by Crippen LogP contribution is -2.53. The Hall–Kier alpha value is -1.50. The Balaban J connectivity index is 1.90. The monoisotopic (exact) mass is 283 g/mol. The van der Waals surface area contributed by atoms with Crippen molar-refractivity contribution < 1.29 is 14.7 Å². The average molecular weight is 283 g/mol. The lowest BCUT2D eigenvalue weighted by Gasteiger charge is -2.25. The van der Waals surface area contributed by atoms with E-state index in [-0.39, 0.29) is 11.7 Å². The molecule has 0 saturated heterocycles. The summed E-state index contributed by atoms with van der Waals surface area (Å²) in [5.74, 6) is -1.00. The van der Waals surface area contributed by atoms with Crippen LogP contribution in [0.5, 0.6) is 0 Å². The standard InChI is InChI=1S/C12H17N3O3S/c1-15-7-6-13-11(15)19-8-9(16)14-12(10(17)18)4-2-3-5-12/h6-7H,2-5,8H2,1H3,(H,14,16)(H,17,18). The van der Waals surface area contributed by atoms with Gasteiger partial charge in [0.2, 0.25) is 5.91 Å². The highest BCUT2D eigenvalue weighted by atomic mass is 32.2. The quantitative estimate of drug-likeness (QED) is 0.788. The molecule has 1 amide bonds. The summed E-state index contributed by atoms with van der Waals surface area (Å²) in [6.07, 6.45) is 6.19. The largest absolute Gasteiger partial charge is 0.480 e. The molecule has 1 aromatic rings. The smallest absolute Gasteiger partial charge is 0.329 e. The molecule has 7 heteroatoms. The Morgan fingerprint density at radius 2 is 2.21 bits per heavy atom. The molecular weight excluding hydrogens is 266 g/mol. The second kappa shape index (κ2) is 5.64. The van der Waals surface area contributed by atoms with Crippen LogP contribution in [-0.4, -0.2) is 37.8 Å². The van der Waals surface area contributed by atoms with Gasteiger partial charge in [-0.1, -0.05) is 24.6 Å². The lowest BCUT2D eigenvalue weighted by molar-refractivity contribution is -0.147. The van der Waals surface area contributed by atoms with Crippen LogP contribution in [0.2, 0.25) is 0 Å². The molecule has 1 saturated carbocycles. The summed E-state index contributed by atoms with van der Waals surface area (Å²) in [6.45, 7) is 0. The van der Waals surface area contributed by atoms with E-state index in [4.69, 9.17) is 0 Å². The molecule has 1 aliphatic carbocycles. The fourth-order valence-corrected chi connectivity index (χ4v) is 3.03. The van der Waals surface area contributed by atoms with E-state index in [1.54, 1.807) is 12.4 Å². The van der Waals surface area contributed by atoms with Crippen molar-refractivity contribution in [3.63, 3.8) is 0 Å². The van der Waals surface area contributed by atoms with Crippen LogP contribution in [-0.2, 0) is 16.6 Å². The van der Waals surface area contributed by atoms with Crippen molar-refractivity contribution >= 4 is 23.6 Å². The Morgan fingerprint density at radius 1 is 1.53 bits per heavy atom. The van der Waals surface area contributed by atoms with Crippen molar-refractivity contribution in [1.82, 2.24) is 14.9 Å². The summed E-state index contributed by atoms with van der Waals surface area (Å²) >= 11 is 1.30. The minimum absolute atomic E-state index is 0.180. The van der Waals surface area contributed by atoms with Crippen LogP contribution in [0.1, 0.15) is 25.7 Å². The van der Waals surface area contributed by atoms with E-state index in [1.807, 2.05) is 11.6 Å². The predicted molar refractivity (Wildman–Crippen MR) is 70.9 cm³/mol. The van der Waals surface area contributed by atoms with Gasteiger partial charge in [0.25, 0.3) is 0 Å². The van der Waals surface area contributed by atoms with Gasteiger partial charge in [-0.2, -0.15) is 0 Å². The molecule has 0 aliphatic heterocycles. The first-order valence-corrected chi connectivity index (χ1v) is 7.17. The van der Waals surface area contributed by atoms with Gasteiger partial charge < -0.3 is 15.0 Å². The molecule has 2 rings (SSSR count). The first-order valence-electron chi connectivity index (χ1n) is 6.18. The van der Waals surface area contributed by atoms with Crippen molar-refractivity contribution in [2.75, 3.05) is 5.75 Å². The summed E-state index contributed by atoms with van der Waals surface area (Å²) in [5.41, 5.74) is -1.06. The number of hydrogen-bond acceptors (Lipinski definition) is 4. The molecule has 1 aliphatic rings. The van der Waals surface area contributed by atoms with Crippen molar-refractivity contribution in [2.24, 2.45) is 7.05 Å². The number of carboxylic acids is 1. The second-order valence-electron chi connectivity index (χ2n) is 4.75. The van der Waals surface area contributed by atoms with Crippen LogP contribution in [0.4, 0.5) is 0 Å². The first kappa shape index (κ1) is 13.9. The van der Waals surface area contributed by atoms with Crippen LogP contribution >= 0.6 is 11.8 Å². The van der Waals surface area contributed by atoms with Crippen molar-refractivity contribution in [3.8, 4) is 0 Å². The van der Waals surface area contributed by atoms with E-state index >= 15 is 0 Å². The number of aliphatic carboxylic acids is 1. The normalized spacial score (nSPS) is 17.3. The Labute approximate surface area is 115 Å². The van der Waals surface area contributed by atoms with E-state index in [0.29, 0.717) is 12.8 Å². The predicted octanol–water partition coefficient (Wildman–Crippen LogP) is 1.03.